The van der Waals surface area contributed by atoms with Crippen LogP contribution in [0.2, 0.25) is 0 Å². The van der Waals surface area contributed by atoms with Crippen molar-refractivity contribution in [1.82, 2.24) is 5.43 Å². The summed E-state index contributed by atoms with van der Waals surface area (Å²) in [6.45, 7) is 4.31. The average molecular weight is 332 g/mol. The smallest absolute Gasteiger partial charge is 0.332 e. The third-order valence-electron chi connectivity index (χ3n) is 4.20. The topological polar surface area (TPSA) is 67.5 Å². The zero-order chi connectivity index (χ0) is 17.6. The number of benzene rings is 1. The zero-order valence-electron chi connectivity index (χ0n) is 15.3. The summed E-state index contributed by atoms with van der Waals surface area (Å²) in [5.74, 6) is 0. The Hall–Kier alpha value is -1.84. The van der Waals surface area contributed by atoms with E-state index in [0.717, 1.165) is 24.1 Å². The Morgan fingerprint density at radius 2 is 1.50 bits per heavy atom. The van der Waals surface area contributed by atoms with Crippen molar-refractivity contribution in [1.29, 1.82) is 0 Å². The number of nitrogens with two attached hydrogens (primary N) is 1. The maximum Gasteiger partial charge on any atom is 0.332 e. The molecule has 0 atom stereocenters. The number of hydrogen-bond acceptors (Lipinski definition) is 2. The molecule has 0 bridgehead atoms. The molecule has 134 valence electrons. The van der Waals surface area contributed by atoms with Crippen LogP contribution in [0.1, 0.15) is 82.3 Å². The fourth-order valence-electron chi connectivity index (χ4n) is 2.74. The third-order valence-corrected chi connectivity index (χ3v) is 4.20. The largest absolute Gasteiger partial charge is 0.350 e. The van der Waals surface area contributed by atoms with Gasteiger partial charge in [-0.1, -0.05) is 88.1 Å². The molecule has 1 aromatic rings. The first kappa shape index (κ1) is 20.2. The molecule has 0 spiro atoms. The van der Waals surface area contributed by atoms with Crippen LogP contribution in [0.3, 0.4) is 0 Å². The van der Waals surface area contributed by atoms with Gasteiger partial charge in [-0.2, -0.15) is 5.10 Å². The molecule has 2 amide bonds. The number of aryl methyl sites for hydroxylation is 1. The highest BCUT2D eigenvalue weighted by molar-refractivity contribution is 6.01. The third kappa shape index (κ3) is 9.33. The van der Waals surface area contributed by atoms with Crippen molar-refractivity contribution in [3.8, 4) is 0 Å². The molecule has 0 heterocycles. The fraction of sp³-hybridized carbons (Fsp3) is 0.600. The van der Waals surface area contributed by atoms with E-state index in [9.17, 15) is 4.79 Å². The van der Waals surface area contributed by atoms with E-state index < -0.39 is 6.03 Å². The highest BCUT2D eigenvalue weighted by Gasteiger charge is 2.05. The number of amides is 2. The van der Waals surface area contributed by atoms with E-state index in [1.54, 1.807) is 0 Å². The molecule has 1 rings (SSSR count). The molecule has 24 heavy (non-hydrogen) atoms. The van der Waals surface area contributed by atoms with Crippen LogP contribution in [0.5, 0.6) is 0 Å². The van der Waals surface area contributed by atoms with Crippen molar-refractivity contribution >= 4 is 11.7 Å². The predicted octanol–water partition coefficient (Wildman–Crippen LogP) is 5.29. The minimum Gasteiger partial charge on any atom is -0.350 e. The number of carbonyl (C=O) groups excluding carboxylic acids is 1. The van der Waals surface area contributed by atoms with Crippen LogP contribution < -0.4 is 11.2 Å². The van der Waals surface area contributed by atoms with Gasteiger partial charge in [-0.25, -0.2) is 10.2 Å². The van der Waals surface area contributed by atoms with Crippen molar-refractivity contribution in [2.24, 2.45) is 10.8 Å². The van der Waals surface area contributed by atoms with E-state index in [0.29, 0.717) is 0 Å². The summed E-state index contributed by atoms with van der Waals surface area (Å²) in [7, 11) is 0. The number of hydrogen-bond donors (Lipinski definition) is 2. The summed E-state index contributed by atoms with van der Waals surface area (Å²) in [5, 5.41) is 4.18. The van der Waals surface area contributed by atoms with Crippen LogP contribution in [0.15, 0.2) is 29.4 Å². The second-order valence-corrected chi connectivity index (χ2v) is 6.48. The van der Waals surface area contributed by atoms with Gasteiger partial charge in [0.15, 0.2) is 0 Å². The summed E-state index contributed by atoms with van der Waals surface area (Å²) in [4.78, 5) is 10.9. The Kier molecular flexibility index (Phi) is 10.6. The van der Waals surface area contributed by atoms with Crippen LogP contribution in [-0.4, -0.2) is 11.7 Å². The molecular formula is C20H33N3O. The molecule has 1 aromatic carbocycles. The lowest BCUT2D eigenvalue weighted by atomic mass is 10.0. The Morgan fingerprint density at radius 3 is 2.04 bits per heavy atom. The van der Waals surface area contributed by atoms with Gasteiger partial charge in [-0.15, -0.1) is 0 Å². The molecule has 0 fully saturated rings. The monoisotopic (exact) mass is 331 g/mol. The first-order chi connectivity index (χ1) is 11.6. The van der Waals surface area contributed by atoms with Gasteiger partial charge in [0.2, 0.25) is 0 Å². The van der Waals surface area contributed by atoms with Crippen LogP contribution in [0.25, 0.3) is 0 Å². The minimum absolute atomic E-state index is 0.619. The molecular weight excluding hydrogens is 298 g/mol. The number of hydrazone groups is 1. The van der Waals surface area contributed by atoms with Crippen LogP contribution >= 0.6 is 0 Å². The number of primary amides is 1. The molecule has 0 saturated heterocycles. The van der Waals surface area contributed by atoms with Crippen molar-refractivity contribution in [2.45, 2.75) is 78.1 Å². The maximum absolute atomic E-state index is 10.9. The van der Waals surface area contributed by atoms with Gasteiger partial charge >= 0.3 is 6.03 Å². The lowest BCUT2D eigenvalue weighted by Gasteiger charge is -2.08. The molecule has 0 saturated carbocycles. The molecule has 0 aliphatic carbocycles. The van der Waals surface area contributed by atoms with Gasteiger partial charge in [0, 0.05) is 0 Å². The second kappa shape index (κ2) is 12.6. The molecule has 0 unspecified atom stereocenters. The second-order valence-electron chi connectivity index (χ2n) is 6.48. The molecule has 4 heteroatoms. The van der Waals surface area contributed by atoms with Crippen molar-refractivity contribution < 1.29 is 4.79 Å². The highest BCUT2D eigenvalue weighted by atomic mass is 16.2. The lowest BCUT2D eigenvalue weighted by Crippen LogP contribution is -2.26. The van der Waals surface area contributed by atoms with Gasteiger partial charge in [0.1, 0.15) is 0 Å². The number of nitrogens with zero attached hydrogens (tertiary/aromatic N) is 1. The van der Waals surface area contributed by atoms with Gasteiger partial charge in [-0.3, -0.25) is 0 Å². The minimum atomic E-state index is -0.619. The standard InChI is InChI=1S/C20H33N3O/c1-3-4-5-6-7-8-9-10-11-12-19(22-23-20(21)24)18-15-13-17(2)14-16-18/h13-16H,3-12H2,1-2H3,(H3,21,23,24)/b22-19-. The van der Waals surface area contributed by atoms with E-state index in [-0.39, 0.29) is 0 Å². The maximum atomic E-state index is 10.9. The van der Waals surface area contributed by atoms with Crippen molar-refractivity contribution in [3.63, 3.8) is 0 Å². The molecule has 0 aliphatic rings. The number of rotatable bonds is 12. The van der Waals surface area contributed by atoms with Crippen molar-refractivity contribution in [3.05, 3.63) is 35.4 Å². The Bertz CT molecular complexity index is 494. The van der Waals surface area contributed by atoms with Crippen LogP contribution in [0.4, 0.5) is 4.79 Å². The van der Waals surface area contributed by atoms with Crippen LogP contribution in [-0.2, 0) is 0 Å². The van der Waals surface area contributed by atoms with Gasteiger partial charge in [-0.05, 0) is 25.3 Å². The predicted molar refractivity (Wildman–Crippen MR) is 102 cm³/mol. The summed E-state index contributed by atoms with van der Waals surface area (Å²) < 4.78 is 0. The number of carbonyl (C=O) groups is 1. The molecule has 4 nitrogen and oxygen atoms in total. The Balaban J connectivity index is 2.34. The zero-order valence-corrected chi connectivity index (χ0v) is 15.3. The first-order valence-corrected chi connectivity index (χ1v) is 9.32. The average Bonchev–Trinajstić information content (AvgIpc) is 2.57. The first-order valence-electron chi connectivity index (χ1n) is 9.32. The highest BCUT2D eigenvalue weighted by Crippen LogP contribution is 2.13. The quantitative estimate of drug-likeness (QED) is 0.305. The Morgan fingerprint density at radius 1 is 0.958 bits per heavy atom. The fourth-order valence-corrected chi connectivity index (χ4v) is 2.74. The number of unbranched alkanes of at least 4 members (excludes halogenated alkanes) is 8. The van der Waals surface area contributed by atoms with Crippen molar-refractivity contribution in [2.75, 3.05) is 0 Å². The summed E-state index contributed by atoms with van der Waals surface area (Å²) in [5.41, 5.74) is 10.7. The lowest BCUT2D eigenvalue weighted by molar-refractivity contribution is 0.249. The van der Waals surface area contributed by atoms with E-state index in [1.807, 2.05) is 12.1 Å². The van der Waals surface area contributed by atoms with Gasteiger partial charge in [0.05, 0.1) is 5.71 Å². The van der Waals surface area contributed by atoms with E-state index in [1.165, 1.54) is 56.9 Å². The summed E-state index contributed by atoms with van der Waals surface area (Å²) in [6.07, 6.45) is 12.5. The normalized spacial score (nSPS) is 11.5. The number of nitrogens with one attached hydrogen (secondary N) is 1. The summed E-state index contributed by atoms with van der Waals surface area (Å²) >= 11 is 0. The SMILES string of the molecule is CCCCCCCCCCC/C(=N/NC(N)=O)c1ccc(C)cc1. The molecule has 0 radical (unpaired) electrons. The molecule has 3 N–H and O–H groups in total. The number of urea groups is 1. The molecule has 0 aliphatic heterocycles. The van der Waals surface area contributed by atoms with E-state index >= 15 is 0 Å². The van der Waals surface area contributed by atoms with E-state index in [4.69, 9.17) is 5.73 Å². The summed E-state index contributed by atoms with van der Waals surface area (Å²) in [6, 6.07) is 7.60. The van der Waals surface area contributed by atoms with Gasteiger partial charge in [0.25, 0.3) is 0 Å². The van der Waals surface area contributed by atoms with E-state index in [2.05, 4.69) is 36.5 Å². The van der Waals surface area contributed by atoms with Crippen LogP contribution in [0, 0.1) is 6.92 Å². The molecule has 0 aromatic heterocycles. The van der Waals surface area contributed by atoms with Gasteiger partial charge < -0.3 is 5.73 Å². The Labute approximate surface area is 146 Å².